The molecule has 0 aromatic heterocycles. The summed E-state index contributed by atoms with van der Waals surface area (Å²) in [7, 11) is 0. The molecule has 2 atom stereocenters. The quantitative estimate of drug-likeness (QED) is 0.881. The molecule has 3 rings (SSSR count). The molecule has 1 saturated heterocycles. The van der Waals surface area contributed by atoms with Crippen LogP contribution in [0.3, 0.4) is 0 Å². The average molecular weight is 295 g/mol. The zero-order chi connectivity index (χ0) is 15.4. The maximum atomic E-state index is 12.0. The van der Waals surface area contributed by atoms with Crippen LogP contribution in [0.4, 0.5) is 0 Å². The molecule has 2 aromatic rings. The molecular weight excluding hydrogens is 278 g/mol. The van der Waals surface area contributed by atoms with Crippen molar-refractivity contribution in [3.8, 4) is 0 Å². The molecule has 0 spiro atoms. The smallest absolute Gasteiger partial charge is 0.338 e. The highest BCUT2D eigenvalue weighted by atomic mass is 16.5. The number of rotatable bonds is 4. The minimum absolute atomic E-state index is 0.00744. The summed E-state index contributed by atoms with van der Waals surface area (Å²) in [6.45, 7) is 0.756. The first-order valence-electron chi connectivity index (χ1n) is 7.30. The number of nitrogens with one attached hydrogen (secondary N) is 1. The molecule has 1 amide bonds. The van der Waals surface area contributed by atoms with Gasteiger partial charge in [-0.05, 0) is 17.7 Å². The first kappa shape index (κ1) is 14.3. The molecule has 1 aliphatic heterocycles. The summed E-state index contributed by atoms with van der Waals surface area (Å²) in [6.07, 6.45) is 0. The first-order valence-corrected chi connectivity index (χ1v) is 7.30. The van der Waals surface area contributed by atoms with Crippen LogP contribution in [0.5, 0.6) is 0 Å². The van der Waals surface area contributed by atoms with Crippen LogP contribution in [0, 0.1) is 5.92 Å². The lowest BCUT2D eigenvalue weighted by Crippen LogP contribution is -2.21. The van der Waals surface area contributed by atoms with Gasteiger partial charge in [-0.1, -0.05) is 48.5 Å². The second-order valence-corrected chi connectivity index (χ2v) is 5.36. The predicted octanol–water partition coefficient (Wildman–Crippen LogP) is 2.37. The van der Waals surface area contributed by atoms with Crippen LogP contribution < -0.4 is 5.32 Å². The van der Waals surface area contributed by atoms with Crippen molar-refractivity contribution < 1.29 is 14.3 Å². The number of carbonyl (C=O) groups excluding carboxylic acids is 2. The van der Waals surface area contributed by atoms with Crippen LogP contribution in [0.2, 0.25) is 0 Å². The van der Waals surface area contributed by atoms with Gasteiger partial charge in [-0.25, -0.2) is 4.79 Å². The Balaban J connectivity index is 1.67. The Morgan fingerprint density at radius 3 is 2.36 bits per heavy atom. The van der Waals surface area contributed by atoms with Crippen molar-refractivity contribution in [3.63, 3.8) is 0 Å². The SMILES string of the molecule is O=C(OCC1CNC(=O)C1c1ccccc1)c1ccccc1. The van der Waals surface area contributed by atoms with Gasteiger partial charge < -0.3 is 10.1 Å². The van der Waals surface area contributed by atoms with Crippen molar-refractivity contribution in [3.05, 3.63) is 71.8 Å². The third-order valence-electron chi connectivity index (χ3n) is 3.89. The van der Waals surface area contributed by atoms with Gasteiger partial charge >= 0.3 is 5.97 Å². The molecule has 2 aromatic carbocycles. The van der Waals surface area contributed by atoms with Gasteiger partial charge in [0.25, 0.3) is 0 Å². The highest BCUT2D eigenvalue weighted by Crippen LogP contribution is 2.29. The highest BCUT2D eigenvalue weighted by Gasteiger charge is 2.36. The Morgan fingerprint density at radius 2 is 1.68 bits per heavy atom. The second-order valence-electron chi connectivity index (χ2n) is 5.36. The van der Waals surface area contributed by atoms with Gasteiger partial charge in [-0.3, -0.25) is 4.79 Å². The van der Waals surface area contributed by atoms with Gasteiger partial charge in [-0.2, -0.15) is 0 Å². The fourth-order valence-corrected chi connectivity index (χ4v) is 2.75. The summed E-state index contributed by atoms with van der Waals surface area (Å²) in [5.41, 5.74) is 1.48. The molecule has 0 bridgehead atoms. The van der Waals surface area contributed by atoms with Crippen molar-refractivity contribution in [2.75, 3.05) is 13.2 Å². The third kappa shape index (κ3) is 3.01. The van der Waals surface area contributed by atoms with E-state index in [2.05, 4.69) is 5.32 Å². The minimum atomic E-state index is -0.355. The molecule has 0 radical (unpaired) electrons. The molecule has 1 fully saturated rings. The standard InChI is InChI=1S/C18H17NO3/c20-17-16(13-7-3-1-4-8-13)15(11-19-17)12-22-18(21)14-9-5-2-6-10-14/h1-10,15-16H,11-12H2,(H,19,20). The molecular formula is C18H17NO3. The van der Waals surface area contributed by atoms with E-state index in [0.29, 0.717) is 12.1 Å². The van der Waals surface area contributed by atoms with E-state index in [9.17, 15) is 9.59 Å². The van der Waals surface area contributed by atoms with Crippen LogP contribution in [-0.2, 0) is 9.53 Å². The van der Waals surface area contributed by atoms with Crippen molar-refractivity contribution in [1.29, 1.82) is 0 Å². The topological polar surface area (TPSA) is 55.4 Å². The van der Waals surface area contributed by atoms with Gasteiger partial charge in [0.05, 0.1) is 18.1 Å². The Hall–Kier alpha value is -2.62. The van der Waals surface area contributed by atoms with Crippen LogP contribution in [0.25, 0.3) is 0 Å². The monoisotopic (exact) mass is 295 g/mol. The largest absolute Gasteiger partial charge is 0.462 e. The lowest BCUT2D eigenvalue weighted by molar-refractivity contribution is -0.120. The summed E-state index contributed by atoms with van der Waals surface area (Å²) >= 11 is 0. The number of amides is 1. The highest BCUT2D eigenvalue weighted by molar-refractivity contribution is 5.89. The lowest BCUT2D eigenvalue weighted by Gasteiger charge is -2.17. The van der Waals surface area contributed by atoms with Gasteiger partial charge in [0, 0.05) is 12.5 Å². The van der Waals surface area contributed by atoms with Crippen LogP contribution >= 0.6 is 0 Å². The minimum Gasteiger partial charge on any atom is -0.462 e. The van der Waals surface area contributed by atoms with Gasteiger partial charge in [0.1, 0.15) is 0 Å². The van der Waals surface area contributed by atoms with E-state index in [4.69, 9.17) is 4.74 Å². The molecule has 0 aliphatic carbocycles. The predicted molar refractivity (Wildman–Crippen MR) is 82.4 cm³/mol. The second kappa shape index (κ2) is 6.43. The molecule has 4 heteroatoms. The van der Waals surface area contributed by atoms with Gasteiger partial charge in [-0.15, -0.1) is 0 Å². The molecule has 1 heterocycles. The summed E-state index contributed by atoms with van der Waals surface area (Å²) in [5, 5.41) is 2.85. The van der Waals surface area contributed by atoms with E-state index in [1.54, 1.807) is 24.3 Å². The lowest BCUT2D eigenvalue weighted by atomic mass is 9.89. The number of carbonyl (C=O) groups is 2. The summed E-state index contributed by atoms with van der Waals surface area (Å²) < 4.78 is 5.38. The van der Waals surface area contributed by atoms with Crippen molar-refractivity contribution >= 4 is 11.9 Å². The summed E-state index contributed by atoms with van der Waals surface area (Å²) in [5.74, 6) is -0.661. The normalized spacial score (nSPS) is 20.5. The zero-order valence-electron chi connectivity index (χ0n) is 12.1. The van der Waals surface area contributed by atoms with Gasteiger partial charge in [0.2, 0.25) is 5.91 Å². The number of esters is 1. The van der Waals surface area contributed by atoms with E-state index in [-0.39, 0.29) is 30.3 Å². The Labute approximate surface area is 129 Å². The third-order valence-corrected chi connectivity index (χ3v) is 3.89. The molecule has 22 heavy (non-hydrogen) atoms. The van der Waals surface area contributed by atoms with Crippen molar-refractivity contribution in [2.24, 2.45) is 5.92 Å². The van der Waals surface area contributed by atoms with Crippen LogP contribution in [0.15, 0.2) is 60.7 Å². The van der Waals surface area contributed by atoms with E-state index < -0.39 is 0 Å². The Bertz CT molecular complexity index is 655. The zero-order valence-corrected chi connectivity index (χ0v) is 12.1. The Morgan fingerprint density at radius 1 is 1.05 bits per heavy atom. The maximum absolute atomic E-state index is 12.0. The number of hydrogen-bond donors (Lipinski definition) is 1. The molecule has 1 N–H and O–H groups in total. The molecule has 1 aliphatic rings. The van der Waals surface area contributed by atoms with Crippen LogP contribution in [-0.4, -0.2) is 25.0 Å². The van der Waals surface area contributed by atoms with Crippen molar-refractivity contribution in [1.82, 2.24) is 5.32 Å². The van der Waals surface area contributed by atoms with Gasteiger partial charge in [0.15, 0.2) is 0 Å². The van der Waals surface area contributed by atoms with Crippen LogP contribution in [0.1, 0.15) is 21.8 Å². The fourth-order valence-electron chi connectivity index (χ4n) is 2.75. The summed E-state index contributed by atoms with van der Waals surface area (Å²) in [4.78, 5) is 24.0. The molecule has 0 saturated carbocycles. The average Bonchev–Trinajstić information content (AvgIpc) is 2.95. The molecule has 112 valence electrons. The first-order chi connectivity index (χ1) is 10.8. The number of ether oxygens (including phenoxy) is 1. The summed E-state index contributed by atoms with van der Waals surface area (Å²) in [6, 6.07) is 18.5. The Kier molecular flexibility index (Phi) is 4.19. The number of benzene rings is 2. The van der Waals surface area contributed by atoms with Crippen molar-refractivity contribution in [2.45, 2.75) is 5.92 Å². The molecule has 2 unspecified atom stereocenters. The van der Waals surface area contributed by atoms with E-state index in [0.717, 1.165) is 5.56 Å². The van der Waals surface area contributed by atoms with E-state index in [1.807, 2.05) is 36.4 Å². The fraction of sp³-hybridized carbons (Fsp3) is 0.222. The number of hydrogen-bond acceptors (Lipinski definition) is 3. The van der Waals surface area contributed by atoms with E-state index >= 15 is 0 Å². The molecule has 4 nitrogen and oxygen atoms in total. The maximum Gasteiger partial charge on any atom is 0.338 e. The van der Waals surface area contributed by atoms with E-state index in [1.165, 1.54) is 0 Å².